The third-order valence-electron chi connectivity index (χ3n) is 6.65. The maximum absolute atomic E-state index is 13.5. The number of hydrogen-bond donors (Lipinski definition) is 4. The molecule has 1 fully saturated rings. The number of aromatic nitrogens is 1. The number of aryl methyl sites for hydroxylation is 1. The second-order valence-electron chi connectivity index (χ2n) is 9.89. The van der Waals surface area contributed by atoms with Crippen LogP contribution in [0, 0.1) is 28.3 Å². The predicted octanol–water partition coefficient (Wildman–Crippen LogP) is 2.19. The topological polar surface area (TPSA) is 136 Å². The summed E-state index contributed by atoms with van der Waals surface area (Å²) in [6.45, 7) is 5.22. The first-order valence-corrected chi connectivity index (χ1v) is 11.5. The zero-order chi connectivity index (χ0) is 24.9. The number of carbonyl (C=O) groups is 1. The van der Waals surface area contributed by atoms with Crippen LogP contribution >= 0.6 is 12.2 Å². The second-order valence-corrected chi connectivity index (χ2v) is 10.3. The molecule has 180 valence electrons. The van der Waals surface area contributed by atoms with Gasteiger partial charge in [-0.15, -0.1) is 0 Å². The average molecular weight is 485 g/mol. The largest absolute Gasteiger partial charge is 0.394 e. The zero-order valence-electron chi connectivity index (χ0n) is 19.2. The van der Waals surface area contributed by atoms with Crippen molar-refractivity contribution in [2.75, 3.05) is 6.61 Å². The number of pyridine rings is 1. The Hall–Kier alpha value is -2.45. The second kappa shape index (κ2) is 8.96. The van der Waals surface area contributed by atoms with E-state index in [0.29, 0.717) is 28.8 Å². The Balaban J connectivity index is 2.06. The van der Waals surface area contributed by atoms with Crippen molar-refractivity contribution in [1.29, 1.82) is 5.26 Å². The summed E-state index contributed by atoms with van der Waals surface area (Å²) in [4.78, 5) is 13.5. The van der Waals surface area contributed by atoms with Gasteiger partial charge in [-0.2, -0.15) is 5.26 Å². The smallest absolute Gasteiger partial charge is 0.165 e. The molecule has 0 radical (unpaired) electrons. The van der Waals surface area contributed by atoms with E-state index in [1.165, 1.54) is 4.57 Å². The third kappa shape index (κ3) is 4.01. The lowest BCUT2D eigenvalue weighted by Gasteiger charge is -2.43. The number of hydrogen-bond acceptors (Lipinski definition) is 8. The lowest BCUT2D eigenvalue weighted by Crippen LogP contribution is -2.57. The van der Waals surface area contributed by atoms with Crippen LogP contribution in [0.5, 0.6) is 0 Å². The quantitative estimate of drug-likeness (QED) is 0.487. The first kappa shape index (κ1) is 24.7. The summed E-state index contributed by atoms with van der Waals surface area (Å²) in [5, 5.41) is 51.2. The number of Topliss-reactive ketones (excluding diaryl/α,β-unsaturated/α-hetero) is 1. The Bertz CT molecular complexity index is 1230. The van der Waals surface area contributed by atoms with E-state index < -0.39 is 42.7 Å². The van der Waals surface area contributed by atoms with Crippen molar-refractivity contribution in [3.8, 4) is 17.2 Å². The number of ketones is 1. The highest BCUT2D eigenvalue weighted by molar-refractivity contribution is 7.71. The Morgan fingerprint density at radius 2 is 1.76 bits per heavy atom. The van der Waals surface area contributed by atoms with Gasteiger partial charge in [0.05, 0.1) is 12.2 Å². The summed E-state index contributed by atoms with van der Waals surface area (Å²) in [7, 11) is 0. The first-order chi connectivity index (χ1) is 16.0. The fourth-order valence-electron chi connectivity index (χ4n) is 4.93. The molecule has 2 heterocycles. The van der Waals surface area contributed by atoms with Gasteiger partial charge in [0.2, 0.25) is 0 Å². The summed E-state index contributed by atoms with van der Waals surface area (Å²) in [5.74, 6) is -0.160. The summed E-state index contributed by atoms with van der Waals surface area (Å²) in [6, 6.07) is 9.59. The molecule has 0 spiro atoms. The molecule has 0 saturated carbocycles. The molecule has 1 aromatic heterocycles. The fraction of sp³-hybridized carbons (Fsp3) is 0.480. The van der Waals surface area contributed by atoms with Gasteiger partial charge in [0.1, 0.15) is 35.1 Å². The van der Waals surface area contributed by atoms with Gasteiger partial charge in [0.15, 0.2) is 12.0 Å². The summed E-state index contributed by atoms with van der Waals surface area (Å²) < 4.78 is 7.26. The van der Waals surface area contributed by atoms with Gasteiger partial charge < -0.3 is 29.7 Å². The molecule has 2 aromatic rings. The SMILES string of the molecule is Cc1ccc(-c2c3c(n([C@@H]4O[C@H](CO)[C@@H](O)[C@H](O)[C@H]4O)c(=S)c2C#N)CC(C)(C)CC3=O)cc1. The van der Waals surface area contributed by atoms with Gasteiger partial charge >= 0.3 is 0 Å². The summed E-state index contributed by atoms with van der Waals surface area (Å²) in [5.41, 5.74) is 2.63. The lowest BCUT2D eigenvalue weighted by atomic mass is 9.73. The van der Waals surface area contributed by atoms with Crippen molar-refractivity contribution in [1.82, 2.24) is 4.57 Å². The molecule has 4 N–H and O–H groups in total. The standard InChI is InChI=1S/C25H28N2O6S/c1-12-4-6-13(7-5-12)18-14(10-26)24(34)27(15-8-25(2,3)9-16(29)19(15)18)23-22(32)21(31)20(30)17(11-28)33-23/h4-7,17,20-23,28,30-32H,8-9,11H2,1-3H3/t17-,20-,21+,22-,23-/m1/s1. The van der Waals surface area contributed by atoms with Gasteiger partial charge in [-0.1, -0.05) is 55.9 Å². The van der Waals surface area contributed by atoms with Crippen LogP contribution in [-0.2, 0) is 11.2 Å². The average Bonchev–Trinajstić information content (AvgIpc) is 2.77. The summed E-state index contributed by atoms with van der Waals surface area (Å²) >= 11 is 5.71. The molecule has 4 rings (SSSR count). The Morgan fingerprint density at radius 1 is 1.12 bits per heavy atom. The van der Waals surface area contributed by atoms with Crippen molar-refractivity contribution < 1.29 is 30.0 Å². The van der Waals surface area contributed by atoms with E-state index in [2.05, 4.69) is 6.07 Å². The number of rotatable bonds is 3. The highest BCUT2D eigenvalue weighted by Crippen LogP contribution is 2.43. The van der Waals surface area contributed by atoms with Gasteiger partial charge in [-0.25, -0.2) is 0 Å². The minimum absolute atomic E-state index is 0.0478. The maximum Gasteiger partial charge on any atom is 0.165 e. The third-order valence-corrected chi connectivity index (χ3v) is 7.05. The summed E-state index contributed by atoms with van der Waals surface area (Å²) in [6.07, 6.45) is -6.57. The number of benzene rings is 1. The minimum Gasteiger partial charge on any atom is -0.394 e. The van der Waals surface area contributed by atoms with Crippen molar-refractivity contribution in [3.05, 3.63) is 51.3 Å². The van der Waals surface area contributed by atoms with Crippen molar-refractivity contribution in [2.24, 2.45) is 5.41 Å². The van der Waals surface area contributed by atoms with E-state index in [9.17, 15) is 30.5 Å². The number of fused-ring (bicyclic) bond motifs is 1. The predicted molar refractivity (Wildman–Crippen MR) is 126 cm³/mol. The Morgan fingerprint density at radius 3 is 2.35 bits per heavy atom. The van der Waals surface area contributed by atoms with Crippen LogP contribution in [0.25, 0.3) is 11.1 Å². The van der Waals surface area contributed by atoms with Gasteiger partial charge in [-0.3, -0.25) is 4.79 Å². The van der Waals surface area contributed by atoms with Crippen LogP contribution in [0.4, 0.5) is 0 Å². The number of carbonyl (C=O) groups excluding carboxylic acids is 1. The molecule has 1 aromatic carbocycles. The molecule has 0 unspecified atom stereocenters. The molecular formula is C25H28N2O6S. The van der Waals surface area contributed by atoms with Crippen LogP contribution in [0.2, 0.25) is 0 Å². The van der Waals surface area contributed by atoms with Crippen LogP contribution < -0.4 is 0 Å². The minimum atomic E-state index is -1.62. The van der Waals surface area contributed by atoms with E-state index in [1.54, 1.807) is 0 Å². The van der Waals surface area contributed by atoms with Gasteiger partial charge in [-0.05, 0) is 24.3 Å². The van der Waals surface area contributed by atoms with E-state index in [1.807, 2.05) is 45.0 Å². The van der Waals surface area contributed by atoms with Gasteiger partial charge in [0, 0.05) is 23.2 Å². The van der Waals surface area contributed by atoms with E-state index in [-0.39, 0.29) is 22.4 Å². The van der Waals surface area contributed by atoms with E-state index in [0.717, 1.165) is 5.56 Å². The highest BCUT2D eigenvalue weighted by Gasteiger charge is 2.46. The first-order valence-electron chi connectivity index (χ1n) is 11.1. The molecular weight excluding hydrogens is 456 g/mol. The van der Waals surface area contributed by atoms with Crippen molar-refractivity contribution in [3.63, 3.8) is 0 Å². The van der Waals surface area contributed by atoms with Gasteiger partial charge in [0.25, 0.3) is 0 Å². The molecule has 0 amide bonds. The molecule has 1 aliphatic heterocycles. The molecule has 8 nitrogen and oxygen atoms in total. The maximum atomic E-state index is 13.5. The van der Waals surface area contributed by atoms with Crippen LogP contribution in [0.3, 0.4) is 0 Å². The molecule has 34 heavy (non-hydrogen) atoms. The molecule has 0 bridgehead atoms. The van der Waals surface area contributed by atoms with Crippen molar-refractivity contribution in [2.45, 2.75) is 64.3 Å². The van der Waals surface area contributed by atoms with E-state index in [4.69, 9.17) is 17.0 Å². The Kier molecular flexibility index (Phi) is 6.50. The number of nitriles is 1. The molecule has 1 aliphatic carbocycles. The van der Waals surface area contributed by atoms with Crippen LogP contribution in [-0.4, -0.2) is 61.8 Å². The monoisotopic (exact) mass is 484 g/mol. The molecule has 1 saturated heterocycles. The number of nitrogens with zero attached hydrogens (tertiary/aromatic N) is 2. The molecule has 2 aliphatic rings. The van der Waals surface area contributed by atoms with E-state index >= 15 is 0 Å². The Labute approximate surface area is 202 Å². The lowest BCUT2D eigenvalue weighted by molar-refractivity contribution is -0.252. The number of aliphatic hydroxyl groups is 4. The highest BCUT2D eigenvalue weighted by atomic mass is 32.1. The van der Waals surface area contributed by atoms with Crippen LogP contribution in [0.1, 0.15) is 53.7 Å². The molecule has 9 heteroatoms. The fourth-order valence-corrected chi connectivity index (χ4v) is 5.29. The number of aliphatic hydroxyl groups excluding tert-OH is 4. The zero-order valence-corrected chi connectivity index (χ0v) is 20.0. The normalized spacial score (nSPS) is 28.3. The van der Waals surface area contributed by atoms with Crippen LogP contribution in [0.15, 0.2) is 24.3 Å². The molecule has 5 atom stereocenters. The van der Waals surface area contributed by atoms with Crippen molar-refractivity contribution >= 4 is 18.0 Å². The number of ether oxygens (including phenoxy) is 1.